The van der Waals surface area contributed by atoms with Gasteiger partial charge in [-0.05, 0) is 51.6 Å². The molecule has 0 bridgehead atoms. The molecule has 2 aromatic rings. The summed E-state index contributed by atoms with van der Waals surface area (Å²) in [5, 5.41) is 3.93. The van der Waals surface area contributed by atoms with E-state index in [-0.39, 0.29) is 11.3 Å². The summed E-state index contributed by atoms with van der Waals surface area (Å²) in [6.07, 6.45) is 3.34. The van der Waals surface area contributed by atoms with Crippen molar-refractivity contribution in [3.8, 4) is 0 Å². The Morgan fingerprint density at radius 1 is 1.04 bits per heavy atom. The zero-order valence-electron chi connectivity index (χ0n) is 16.5. The van der Waals surface area contributed by atoms with Gasteiger partial charge in [0.15, 0.2) is 0 Å². The second-order valence-electron chi connectivity index (χ2n) is 7.89. The summed E-state index contributed by atoms with van der Waals surface area (Å²) in [4.78, 5) is 14.3. The lowest BCUT2D eigenvalue weighted by atomic mass is 9.87. The third-order valence-corrected chi connectivity index (χ3v) is 7.48. The van der Waals surface area contributed by atoms with E-state index in [0.29, 0.717) is 31.1 Å². The van der Waals surface area contributed by atoms with Crippen LogP contribution < -0.4 is 0 Å². The van der Waals surface area contributed by atoms with Crippen LogP contribution in [-0.4, -0.2) is 49.7 Å². The number of amides is 1. The molecule has 28 heavy (non-hydrogen) atoms. The molecule has 1 aromatic heterocycles. The molecule has 5 nitrogen and oxygen atoms in total. The lowest BCUT2D eigenvalue weighted by Crippen LogP contribution is -2.50. The first-order valence-electron chi connectivity index (χ1n) is 9.28. The maximum absolute atomic E-state index is 12.9. The van der Waals surface area contributed by atoms with Gasteiger partial charge in [0.1, 0.15) is 0 Å². The van der Waals surface area contributed by atoms with E-state index in [0.717, 1.165) is 11.1 Å². The average Bonchev–Trinajstić information content (AvgIpc) is 3.19. The summed E-state index contributed by atoms with van der Waals surface area (Å²) < 4.78 is 27.3. The number of carbonyl (C=O) groups excluding carboxylic acids is 1. The predicted octanol–water partition coefficient (Wildman–Crippen LogP) is 3.59. The van der Waals surface area contributed by atoms with E-state index in [2.05, 4.69) is 20.8 Å². The van der Waals surface area contributed by atoms with Gasteiger partial charge < -0.3 is 4.90 Å². The Hall–Kier alpha value is -1.96. The zero-order valence-corrected chi connectivity index (χ0v) is 18.1. The fourth-order valence-electron chi connectivity index (χ4n) is 3.07. The van der Waals surface area contributed by atoms with Crippen LogP contribution in [-0.2, 0) is 20.2 Å². The number of hydrogen-bond acceptors (Lipinski definition) is 4. The van der Waals surface area contributed by atoms with E-state index in [1.807, 2.05) is 29.0 Å². The third kappa shape index (κ3) is 4.71. The lowest BCUT2D eigenvalue weighted by Gasteiger charge is -2.33. The summed E-state index contributed by atoms with van der Waals surface area (Å²) >= 11 is 1.58. The molecular formula is C21H26N2O3S2. The lowest BCUT2D eigenvalue weighted by molar-refractivity contribution is -0.127. The van der Waals surface area contributed by atoms with Crippen molar-refractivity contribution in [2.24, 2.45) is 0 Å². The van der Waals surface area contributed by atoms with Crippen LogP contribution in [0.4, 0.5) is 0 Å². The SMILES string of the molecule is CC(C)(C)c1ccc(S(=O)(=O)N2CCN(C(=O)/C=C/c3ccsc3)CC2)cc1. The van der Waals surface area contributed by atoms with Gasteiger partial charge in [-0.2, -0.15) is 15.6 Å². The van der Waals surface area contributed by atoms with Gasteiger partial charge in [-0.3, -0.25) is 4.79 Å². The predicted molar refractivity (Wildman–Crippen MR) is 114 cm³/mol. The van der Waals surface area contributed by atoms with Gasteiger partial charge >= 0.3 is 0 Å². The van der Waals surface area contributed by atoms with Gasteiger partial charge in [-0.15, -0.1) is 0 Å². The molecule has 0 radical (unpaired) electrons. The molecule has 1 fully saturated rings. The molecule has 7 heteroatoms. The molecule has 3 rings (SSSR count). The van der Waals surface area contributed by atoms with E-state index < -0.39 is 10.0 Å². The van der Waals surface area contributed by atoms with Crippen molar-refractivity contribution in [3.05, 3.63) is 58.3 Å². The second kappa shape index (κ2) is 8.19. The number of nitrogens with zero attached hydrogens (tertiary/aromatic N) is 2. The number of benzene rings is 1. The Bertz CT molecular complexity index is 933. The molecule has 1 saturated heterocycles. The number of piperazine rings is 1. The van der Waals surface area contributed by atoms with Gasteiger partial charge in [-0.1, -0.05) is 32.9 Å². The summed E-state index contributed by atoms with van der Waals surface area (Å²) in [5.74, 6) is -0.0854. The van der Waals surface area contributed by atoms with E-state index in [1.165, 1.54) is 4.31 Å². The van der Waals surface area contributed by atoms with Gasteiger partial charge in [0.05, 0.1) is 4.90 Å². The van der Waals surface area contributed by atoms with Crippen LogP contribution in [0.5, 0.6) is 0 Å². The number of sulfonamides is 1. The van der Waals surface area contributed by atoms with Crippen molar-refractivity contribution in [3.63, 3.8) is 0 Å². The number of carbonyl (C=O) groups is 1. The largest absolute Gasteiger partial charge is 0.337 e. The minimum absolute atomic E-state index is 0.0230. The summed E-state index contributed by atoms with van der Waals surface area (Å²) in [6.45, 7) is 7.69. The highest BCUT2D eigenvalue weighted by molar-refractivity contribution is 7.89. The normalized spacial score (nSPS) is 16.6. The number of hydrogen-bond donors (Lipinski definition) is 0. The Kier molecular flexibility index (Phi) is 6.07. The molecule has 0 aliphatic carbocycles. The fourth-order valence-corrected chi connectivity index (χ4v) is 5.12. The molecule has 1 aromatic carbocycles. The van der Waals surface area contributed by atoms with Gasteiger partial charge in [0, 0.05) is 32.3 Å². The first kappa shape index (κ1) is 20.8. The molecule has 1 aliphatic rings. The average molecular weight is 419 g/mol. The van der Waals surface area contributed by atoms with E-state index in [1.54, 1.807) is 40.5 Å². The van der Waals surface area contributed by atoms with Crippen molar-refractivity contribution in [2.45, 2.75) is 31.1 Å². The van der Waals surface area contributed by atoms with E-state index in [9.17, 15) is 13.2 Å². The molecule has 0 N–H and O–H groups in total. The van der Waals surface area contributed by atoms with Crippen LogP contribution in [0.25, 0.3) is 6.08 Å². The summed E-state index contributed by atoms with van der Waals surface area (Å²) in [7, 11) is -3.54. The van der Waals surface area contributed by atoms with Crippen molar-refractivity contribution in [1.29, 1.82) is 0 Å². The molecule has 0 saturated carbocycles. The molecule has 1 aliphatic heterocycles. The molecule has 0 unspecified atom stereocenters. The van der Waals surface area contributed by atoms with E-state index in [4.69, 9.17) is 0 Å². The highest BCUT2D eigenvalue weighted by atomic mass is 32.2. The smallest absolute Gasteiger partial charge is 0.246 e. The zero-order chi connectivity index (χ0) is 20.4. The van der Waals surface area contributed by atoms with Crippen molar-refractivity contribution >= 4 is 33.3 Å². The van der Waals surface area contributed by atoms with Gasteiger partial charge in [-0.25, -0.2) is 8.42 Å². The topological polar surface area (TPSA) is 57.7 Å². The Morgan fingerprint density at radius 2 is 1.68 bits per heavy atom. The monoisotopic (exact) mass is 418 g/mol. The second-order valence-corrected chi connectivity index (χ2v) is 10.6. The molecule has 0 spiro atoms. The quantitative estimate of drug-likeness (QED) is 0.713. The Balaban J connectivity index is 1.62. The first-order valence-corrected chi connectivity index (χ1v) is 11.7. The maximum atomic E-state index is 12.9. The molecule has 2 heterocycles. The fraction of sp³-hybridized carbons (Fsp3) is 0.381. The summed E-state index contributed by atoms with van der Waals surface area (Å²) in [5.41, 5.74) is 2.07. The van der Waals surface area contributed by atoms with Gasteiger partial charge in [0.25, 0.3) is 0 Å². The minimum atomic E-state index is -3.54. The van der Waals surface area contributed by atoms with Crippen molar-refractivity contribution in [2.75, 3.05) is 26.2 Å². The molecule has 150 valence electrons. The van der Waals surface area contributed by atoms with Crippen LogP contribution >= 0.6 is 11.3 Å². The van der Waals surface area contributed by atoms with Crippen LogP contribution in [0.2, 0.25) is 0 Å². The van der Waals surface area contributed by atoms with E-state index >= 15 is 0 Å². The highest BCUT2D eigenvalue weighted by Crippen LogP contribution is 2.25. The first-order chi connectivity index (χ1) is 13.2. The molecular weight excluding hydrogens is 392 g/mol. The third-order valence-electron chi connectivity index (χ3n) is 4.87. The Morgan fingerprint density at radius 3 is 2.21 bits per heavy atom. The number of thiophene rings is 1. The van der Waals surface area contributed by atoms with Crippen molar-refractivity contribution in [1.82, 2.24) is 9.21 Å². The summed E-state index contributed by atoms with van der Waals surface area (Å²) in [6, 6.07) is 9.06. The Labute approximate surface area is 171 Å². The minimum Gasteiger partial charge on any atom is -0.337 e. The van der Waals surface area contributed by atoms with Crippen molar-refractivity contribution < 1.29 is 13.2 Å². The van der Waals surface area contributed by atoms with Crippen LogP contribution in [0.3, 0.4) is 0 Å². The van der Waals surface area contributed by atoms with Crippen LogP contribution in [0.15, 0.2) is 52.1 Å². The van der Waals surface area contributed by atoms with Crippen LogP contribution in [0.1, 0.15) is 31.9 Å². The van der Waals surface area contributed by atoms with Gasteiger partial charge in [0.2, 0.25) is 15.9 Å². The maximum Gasteiger partial charge on any atom is 0.246 e. The highest BCUT2D eigenvalue weighted by Gasteiger charge is 2.29. The molecule has 1 amide bonds. The molecule has 0 atom stereocenters. The standard InChI is InChI=1S/C21H26N2O3S2/c1-21(2,3)18-5-7-19(8-6-18)28(25,26)23-13-11-22(12-14-23)20(24)9-4-17-10-15-27-16-17/h4-10,15-16H,11-14H2,1-3H3/b9-4+. The number of rotatable bonds is 4. The van der Waals surface area contributed by atoms with Crippen LogP contribution in [0, 0.1) is 0 Å².